The molecular formula is C14H14N2. The number of rotatable bonds is 3. The van der Waals surface area contributed by atoms with Crippen molar-refractivity contribution in [3.63, 3.8) is 0 Å². The molecule has 0 amide bonds. The van der Waals surface area contributed by atoms with Crippen LogP contribution in [0.3, 0.4) is 0 Å². The van der Waals surface area contributed by atoms with Gasteiger partial charge in [-0.3, -0.25) is 9.98 Å². The first-order valence-electron chi connectivity index (χ1n) is 5.24. The molecule has 0 radical (unpaired) electrons. The molecule has 1 aromatic heterocycles. The fourth-order valence-electron chi connectivity index (χ4n) is 1.61. The van der Waals surface area contributed by atoms with Crippen molar-refractivity contribution in [3.8, 4) is 0 Å². The second kappa shape index (κ2) is 4.27. The summed E-state index contributed by atoms with van der Waals surface area (Å²) in [7, 11) is 0. The summed E-state index contributed by atoms with van der Waals surface area (Å²) >= 11 is 0. The third kappa shape index (κ3) is 1.87. The Kier molecular flexibility index (Phi) is 2.82. The first-order chi connectivity index (χ1) is 7.79. The lowest BCUT2D eigenvalue weighted by Crippen LogP contribution is -2.17. The molecule has 0 saturated heterocycles. The molecular weight excluding hydrogens is 196 g/mol. The van der Waals surface area contributed by atoms with Crippen LogP contribution in [0, 0.1) is 5.41 Å². The summed E-state index contributed by atoms with van der Waals surface area (Å²) in [5, 5.41) is 0. The lowest BCUT2D eigenvalue weighted by molar-refractivity contribution is 0.701. The molecule has 1 aromatic rings. The van der Waals surface area contributed by atoms with Crippen LogP contribution < -0.4 is 0 Å². The molecule has 16 heavy (non-hydrogen) atoms. The highest BCUT2D eigenvalue weighted by molar-refractivity contribution is 5.82. The first kappa shape index (κ1) is 10.6. The lowest BCUT2D eigenvalue weighted by atomic mass is 9.84. The first-order valence-corrected chi connectivity index (χ1v) is 5.24. The second-order valence-electron chi connectivity index (χ2n) is 3.79. The van der Waals surface area contributed by atoms with Crippen molar-refractivity contribution in [2.45, 2.75) is 6.42 Å². The zero-order valence-electron chi connectivity index (χ0n) is 9.13. The maximum absolute atomic E-state index is 4.43. The van der Waals surface area contributed by atoms with Crippen molar-refractivity contribution in [1.29, 1.82) is 0 Å². The topological polar surface area (TPSA) is 25.2 Å². The van der Waals surface area contributed by atoms with Crippen LogP contribution >= 0.6 is 0 Å². The van der Waals surface area contributed by atoms with Crippen molar-refractivity contribution < 1.29 is 0 Å². The summed E-state index contributed by atoms with van der Waals surface area (Å²) in [4.78, 5) is 8.69. The van der Waals surface area contributed by atoms with Crippen molar-refractivity contribution in [1.82, 2.24) is 4.98 Å². The number of aliphatic imine (C=N–C) groups is 1. The Hall–Kier alpha value is -1.96. The molecule has 0 aromatic carbocycles. The van der Waals surface area contributed by atoms with E-state index < -0.39 is 0 Å². The number of hydrogen-bond acceptors (Lipinski definition) is 2. The fourth-order valence-corrected chi connectivity index (χ4v) is 1.61. The van der Waals surface area contributed by atoms with Gasteiger partial charge in [0.25, 0.3) is 0 Å². The van der Waals surface area contributed by atoms with Crippen molar-refractivity contribution in [2.75, 3.05) is 0 Å². The van der Waals surface area contributed by atoms with Gasteiger partial charge < -0.3 is 0 Å². The summed E-state index contributed by atoms with van der Waals surface area (Å²) in [5.74, 6) is 0. The number of nitrogens with zero attached hydrogens (tertiary/aromatic N) is 2. The summed E-state index contributed by atoms with van der Waals surface area (Å²) in [6, 6.07) is 5.81. The van der Waals surface area contributed by atoms with E-state index in [2.05, 4.69) is 29.2 Å². The van der Waals surface area contributed by atoms with E-state index in [9.17, 15) is 0 Å². The van der Waals surface area contributed by atoms with E-state index in [1.54, 1.807) is 6.20 Å². The average Bonchev–Trinajstić information content (AvgIpc) is 2.40. The normalized spacial score (nSPS) is 17.6. The SMILES string of the molecule is C=CC1(C=C)C=NC(c2ccccn2)=CC1. The zero-order chi connectivity index (χ0) is 11.4. The molecule has 0 aliphatic carbocycles. The predicted octanol–water partition coefficient (Wildman–Crippen LogP) is 3.26. The number of allylic oxidation sites excluding steroid dienone is 3. The quantitative estimate of drug-likeness (QED) is 0.703. The van der Waals surface area contributed by atoms with Crippen LogP contribution in [-0.2, 0) is 0 Å². The van der Waals surface area contributed by atoms with Gasteiger partial charge in [-0.05, 0) is 18.6 Å². The standard InChI is InChI=1S/C14H14N2/c1-3-14(4-2)9-8-13(16-11-14)12-7-5-6-10-15-12/h3-8,10-11H,1-2,9H2. The molecule has 0 unspecified atom stereocenters. The van der Waals surface area contributed by atoms with Gasteiger partial charge in [0.05, 0.1) is 11.4 Å². The molecule has 1 aliphatic rings. The number of hydrogen-bond donors (Lipinski definition) is 0. The zero-order valence-corrected chi connectivity index (χ0v) is 9.13. The molecule has 0 spiro atoms. The van der Waals surface area contributed by atoms with E-state index in [0.717, 1.165) is 17.8 Å². The summed E-state index contributed by atoms with van der Waals surface area (Å²) in [6.45, 7) is 7.64. The molecule has 80 valence electrons. The van der Waals surface area contributed by atoms with Gasteiger partial charge in [0, 0.05) is 17.8 Å². The van der Waals surface area contributed by atoms with Gasteiger partial charge in [0.15, 0.2) is 0 Å². The summed E-state index contributed by atoms with van der Waals surface area (Å²) in [5.41, 5.74) is 1.62. The Labute approximate surface area is 95.8 Å². The Morgan fingerprint density at radius 3 is 2.56 bits per heavy atom. The molecule has 0 N–H and O–H groups in total. The largest absolute Gasteiger partial charge is 0.258 e. The number of pyridine rings is 1. The fraction of sp³-hybridized carbons (Fsp3) is 0.143. The van der Waals surface area contributed by atoms with Gasteiger partial charge in [-0.25, -0.2) is 0 Å². The van der Waals surface area contributed by atoms with Crippen LogP contribution in [0.25, 0.3) is 5.70 Å². The summed E-state index contributed by atoms with van der Waals surface area (Å²) in [6.07, 6.45) is 10.3. The maximum Gasteiger partial charge on any atom is 0.0882 e. The van der Waals surface area contributed by atoms with Gasteiger partial charge in [-0.1, -0.05) is 24.3 Å². The van der Waals surface area contributed by atoms with Gasteiger partial charge in [-0.2, -0.15) is 0 Å². The van der Waals surface area contributed by atoms with Crippen molar-refractivity contribution >= 4 is 11.9 Å². The molecule has 0 atom stereocenters. The van der Waals surface area contributed by atoms with Crippen LogP contribution in [-0.4, -0.2) is 11.2 Å². The average molecular weight is 210 g/mol. The Morgan fingerprint density at radius 2 is 2.06 bits per heavy atom. The molecule has 0 fully saturated rings. The Balaban J connectivity index is 2.26. The van der Waals surface area contributed by atoms with Gasteiger partial charge >= 0.3 is 0 Å². The minimum absolute atomic E-state index is 0.196. The van der Waals surface area contributed by atoms with E-state index in [4.69, 9.17) is 0 Å². The highest BCUT2D eigenvalue weighted by Crippen LogP contribution is 2.30. The van der Waals surface area contributed by atoms with Gasteiger partial charge in [0.1, 0.15) is 0 Å². The van der Waals surface area contributed by atoms with Crippen LogP contribution in [0.5, 0.6) is 0 Å². The Bertz CT molecular complexity index is 447. The van der Waals surface area contributed by atoms with E-state index in [1.165, 1.54) is 0 Å². The van der Waals surface area contributed by atoms with Gasteiger partial charge in [0.2, 0.25) is 0 Å². The van der Waals surface area contributed by atoms with Crippen LogP contribution in [0.4, 0.5) is 0 Å². The highest BCUT2D eigenvalue weighted by atomic mass is 14.8. The molecule has 0 bridgehead atoms. The maximum atomic E-state index is 4.43. The van der Waals surface area contributed by atoms with Crippen LogP contribution in [0.1, 0.15) is 12.1 Å². The molecule has 1 aliphatic heterocycles. The lowest BCUT2D eigenvalue weighted by Gasteiger charge is -2.23. The number of aromatic nitrogens is 1. The molecule has 2 heterocycles. The van der Waals surface area contributed by atoms with E-state index in [0.29, 0.717) is 0 Å². The molecule has 0 saturated carbocycles. The van der Waals surface area contributed by atoms with Gasteiger partial charge in [-0.15, -0.1) is 13.2 Å². The monoisotopic (exact) mass is 210 g/mol. The molecule has 2 rings (SSSR count). The molecule has 2 nitrogen and oxygen atoms in total. The molecule has 2 heteroatoms. The van der Waals surface area contributed by atoms with Crippen molar-refractivity contribution in [3.05, 3.63) is 61.5 Å². The van der Waals surface area contributed by atoms with Crippen LogP contribution in [0.15, 0.2) is 60.8 Å². The van der Waals surface area contributed by atoms with Crippen LogP contribution in [0.2, 0.25) is 0 Å². The minimum Gasteiger partial charge on any atom is -0.258 e. The summed E-state index contributed by atoms with van der Waals surface area (Å²) < 4.78 is 0. The van der Waals surface area contributed by atoms with E-state index in [-0.39, 0.29) is 5.41 Å². The minimum atomic E-state index is -0.196. The van der Waals surface area contributed by atoms with Crippen molar-refractivity contribution in [2.24, 2.45) is 10.4 Å². The smallest absolute Gasteiger partial charge is 0.0882 e. The third-order valence-electron chi connectivity index (χ3n) is 2.78. The third-order valence-corrected chi connectivity index (χ3v) is 2.78. The highest BCUT2D eigenvalue weighted by Gasteiger charge is 2.22. The Morgan fingerprint density at radius 1 is 1.25 bits per heavy atom. The van der Waals surface area contributed by atoms with E-state index >= 15 is 0 Å². The second-order valence-corrected chi connectivity index (χ2v) is 3.79. The van der Waals surface area contributed by atoms with E-state index in [1.807, 2.05) is 36.6 Å². The predicted molar refractivity (Wildman–Crippen MR) is 68.2 cm³/mol.